The predicted molar refractivity (Wildman–Crippen MR) is 59.6 cm³/mol. The highest BCUT2D eigenvalue weighted by Crippen LogP contribution is 2.46. The van der Waals surface area contributed by atoms with Gasteiger partial charge in [0, 0.05) is 0 Å². The summed E-state index contributed by atoms with van der Waals surface area (Å²) >= 11 is 0. The normalized spacial score (nSPS) is 31.8. The van der Waals surface area contributed by atoms with E-state index in [9.17, 15) is 9.90 Å². The second kappa shape index (κ2) is 2.99. The molecule has 4 heteroatoms. The van der Waals surface area contributed by atoms with Crippen molar-refractivity contribution in [1.29, 1.82) is 0 Å². The molecule has 0 bridgehead atoms. The van der Waals surface area contributed by atoms with E-state index in [1.807, 2.05) is 6.92 Å². The van der Waals surface area contributed by atoms with Crippen molar-refractivity contribution in [2.75, 3.05) is 13.1 Å². The zero-order chi connectivity index (χ0) is 11.6. The van der Waals surface area contributed by atoms with Gasteiger partial charge in [0.05, 0.1) is 18.6 Å². The molecular formula is C12H20N2O2. The highest BCUT2D eigenvalue weighted by Gasteiger charge is 2.56. The number of nitrogens with two attached hydrogens (primary N) is 1. The summed E-state index contributed by atoms with van der Waals surface area (Å²) in [6.45, 7) is 2.83. The number of aliphatic hydroxyl groups is 1. The molecule has 2 saturated carbocycles. The van der Waals surface area contributed by atoms with Crippen LogP contribution in [0.2, 0.25) is 0 Å². The van der Waals surface area contributed by atoms with Crippen LogP contribution in [0.3, 0.4) is 0 Å². The number of hydrogen-bond donors (Lipinski definition) is 2. The number of β-amino-alcohol motifs (C(OH)–C–C–N with tert-alkyl or cyclic N) is 1. The summed E-state index contributed by atoms with van der Waals surface area (Å²) in [5, 5.41) is 10.2. The van der Waals surface area contributed by atoms with Crippen molar-refractivity contribution in [1.82, 2.24) is 4.90 Å². The summed E-state index contributed by atoms with van der Waals surface area (Å²) in [7, 11) is 0. The van der Waals surface area contributed by atoms with Crippen molar-refractivity contribution in [2.45, 2.75) is 43.7 Å². The second-order valence-electron chi connectivity index (χ2n) is 6.10. The molecule has 0 aromatic rings. The molecule has 2 aliphatic carbocycles. The third-order valence-electron chi connectivity index (χ3n) is 4.44. The first-order valence-electron chi connectivity index (χ1n) is 6.24. The minimum atomic E-state index is -0.703. The van der Waals surface area contributed by atoms with Crippen LogP contribution in [-0.4, -0.2) is 40.1 Å². The van der Waals surface area contributed by atoms with Gasteiger partial charge in [-0.3, -0.25) is 4.79 Å². The smallest absolute Gasteiger partial charge is 0.242 e. The van der Waals surface area contributed by atoms with Gasteiger partial charge in [0.2, 0.25) is 5.91 Å². The van der Waals surface area contributed by atoms with Crippen molar-refractivity contribution < 1.29 is 9.90 Å². The Labute approximate surface area is 95.8 Å². The van der Waals surface area contributed by atoms with Crippen LogP contribution in [-0.2, 0) is 4.79 Å². The summed E-state index contributed by atoms with van der Waals surface area (Å²) in [6.07, 6.45) is 4.36. The van der Waals surface area contributed by atoms with E-state index in [4.69, 9.17) is 5.73 Å². The van der Waals surface area contributed by atoms with E-state index in [0.29, 0.717) is 24.9 Å². The number of carbonyl (C=O) groups is 1. The van der Waals surface area contributed by atoms with Gasteiger partial charge in [-0.15, -0.1) is 0 Å². The van der Waals surface area contributed by atoms with E-state index in [0.717, 1.165) is 25.7 Å². The molecule has 90 valence electrons. The Kier molecular flexibility index (Phi) is 1.97. The van der Waals surface area contributed by atoms with Gasteiger partial charge in [0.15, 0.2) is 0 Å². The molecule has 3 N–H and O–H groups in total. The topological polar surface area (TPSA) is 66.6 Å². The first kappa shape index (κ1) is 10.5. The van der Waals surface area contributed by atoms with Gasteiger partial charge in [-0.2, -0.15) is 0 Å². The zero-order valence-electron chi connectivity index (χ0n) is 9.78. The van der Waals surface area contributed by atoms with Crippen LogP contribution >= 0.6 is 0 Å². The number of hydrogen-bond acceptors (Lipinski definition) is 3. The lowest BCUT2D eigenvalue weighted by atomic mass is 9.85. The molecule has 1 unspecified atom stereocenters. The maximum atomic E-state index is 12.1. The molecule has 3 fully saturated rings. The number of likely N-dealkylation sites (tertiary alicyclic amines) is 1. The predicted octanol–water partition coefficient (Wildman–Crippen LogP) is 0.0971. The van der Waals surface area contributed by atoms with Crippen LogP contribution in [0.1, 0.15) is 32.6 Å². The average Bonchev–Trinajstić information content (AvgIpc) is 3.04. The minimum absolute atomic E-state index is 0.0281. The van der Waals surface area contributed by atoms with Gasteiger partial charge < -0.3 is 15.7 Å². The Balaban J connectivity index is 1.61. The highest BCUT2D eigenvalue weighted by molar-refractivity contribution is 5.87. The van der Waals surface area contributed by atoms with Gasteiger partial charge in [-0.05, 0) is 44.4 Å². The second-order valence-corrected chi connectivity index (χ2v) is 6.10. The van der Waals surface area contributed by atoms with Gasteiger partial charge in [0.1, 0.15) is 5.60 Å². The first-order valence-corrected chi connectivity index (χ1v) is 6.24. The van der Waals surface area contributed by atoms with Crippen molar-refractivity contribution in [3.05, 3.63) is 0 Å². The maximum Gasteiger partial charge on any atom is 0.242 e. The van der Waals surface area contributed by atoms with Crippen molar-refractivity contribution in [3.8, 4) is 0 Å². The van der Waals surface area contributed by atoms with Crippen molar-refractivity contribution in [3.63, 3.8) is 0 Å². The minimum Gasteiger partial charge on any atom is -0.386 e. The van der Waals surface area contributed by atoms with Gasteiger partial charge in [-0.25, -0.2) is 0 Å². The summed E-state index contributed by atoms with van der Waals surface area (Å²) in [5.41, 5.74) is 4.79. The zero-order valence-corrected chi connectivity index (χ0v) is 9.78. The van der Waals surface area contributed by atoms with Crippen LogP contribution in [0, 0.1) is 11.8 Å². The monoisotopic (exact) mass is 224 g/mol. The summed E-state index contributed by atoms with van der Waals surface area (Å²) < 4.78 is 0. The number of nitrogens with zero attached hydrogens (tertiary/aromatic N) is 1. The van der Waals surface area contributed by atoms with Crippen LogP contribution in [0.15, 0.2) is 0 Å². The largest absolute Gasteiger partial charge is 0.386 e. The lowest BCUT2D eigenvalue weighted by molar-refractivity contribution is -0.164. The Morgan fingerprint density at radius 3 is 2.38 bits per heavy atom. The quantitative estimate of drug-likeness (QED) is 0.714. The Bertz CT molecular complexity index is 326. The Morgan fingerprint density at radius 1 is 1.38 bits per heavy atom. The Hall–Kier alpha value is -0.610. The molecule has 1 aliphatic heterocycles. The number of rotatable bonds is 3. The average molecular weight is 224 g/mol. The molecule has 4 nitrogen and oxygen atoms in total. The molecule has 16 heavy (non-hydrogen) atoms. The summed E-state index contributed by atoms with van der Waals surface area (Å²) in [4.78, 5) is 13.9. The molecule has 1 amide bonds. The molecular weight excluding hydrogens is 204 g/mol. The van der Waals surface area contributed by atoms with E-state index in [-0.39, 0.29) is 5.91 Å². The van der Waals surface area contributed by atoms with E-state index in [2.05, 4.69) is 0 Å². The highest BCUT2D eigenvalue weighted by atomic mass is 16.3. The number of carbonyl (C=O) groups excluding carboxylic acids is 1. The first-order chi connectivity index (χ1) is 7.43. The molecule has 1 atom stereocenters. The molecule has 0 aromatic carbocycles. The van der Waals surface area contributed by atoms with E-state index in [1.54, 1.807) is 4.90 Å². The fraction of sp³-hybridized carbons (Fsp3) is 0.917. The SMILES string of the molecule is CC(N)(C(=O)N1CC(O)(C2CC2)C1)C1CC1. The van der Waals surface area contributed by atoms with E-state index in [1.165, 1.54) is 0 Å². The van der Waals surface area contributed by atoms with Crippen LogP contribution in [0.4, 0.5) is 0 Å². The third kappa shape index (κ3) is 1.47. The third-order valence-corrected chi connectivity index (χ3v) is 4.44. The molecule has 1 saturated heterocycles. The molecule has 1 heterocycles. The van der Waals surface area contributed by atoms with Crippen LogP contribution in [0.5, 0.6) is 0 Å². The summed E-state index contributed by atoms with van der Waals surface area (Å²) in [5.74, 6) is 0.816. The van der Waals surface area contributed by atoms with Crippen molar-refractivity contribution >= 4 is 5.91 Å². The lowest BCUT2D eigenvalue weighted by Gasteiger charge is -2.49. The molecule has 0 spiro atoms. The van der Waals surface area contributed by atoms with Gasteiger partial charge >= 0.3 is 0 Å². The standard InChI is InChI=1S/C12H20N2O2/c1-11(13,8-2-3-8)10(15)14-6-12(16,7-14)9-4-5-9/h8-9,16H,2-7,13H2,1H3. The van der Waals surface area contributed by atoms with Gasteiger partial charge in [0.25, 0.3) is 0 Å². The number of amides is 1. The van der Waals surface area contributed by atoms with Gasteiger partial charge in [-0.1, -0.05) is 0 Å². The fourth-order valence-electron chi connectivity index (χ4n) is 2.84. The lowest BCUT2D eigenvalue weighted by Crippen LogP contribution is -2.69. The van der Waals surface area contributed by atoms with Crippen LogP contribution in [0.25, 0.3) is 0 Å². The van der Waals surface area contributed by atoms with Crippen LogP contribution < -0.4 is 5.73 Å². The summed E-state index contributed by atoms with van der Waals surface area (Å²) in [6, 6.07) is 0. The van der Waals surface area contributed by atoms with E-state index >= 15 is 0 Å². The molecule has 3 aliphatic rings. The van der Waals surface area contributed by atoms with Crippen molar-refractivity contribution in [2.24, 2.45) is 17.6 Å². The van der Waals surface area contributed by atoms with E-state index < -0.39 is 11.1 Å². The maximum absolute atomic E-state index is 12.1. The molecule has 0 aromatic heterocycles. The molecule has 0 radical (unpaired) electrons. The molecule has 3 rings (SSSR count). The Morgan fingerprint density at radius 2 is 1.94 bits per heavy atom. The fourth-order valence-corrected chi connectivity index (χ4v) is 2.84.